The molecule has 0 spiro atoms. The van der Waals surface area contributed by atoms with Crippen molar-refractivity contribution in [3.63, 3.8) is 0 Å². The highest BCUT2D eigenvalue weighted by Gasteiger charge is 2.31. The van der Waals surface area contributed by atoms with E-state index in [2.05, 4.69) is 10.3 Å². The van der Waals surface area contributed by atoms with Crippen molar-refractivity contribution < 1.29 is 24.2 Å². The SMILES string of the molecule is CN(Cc1ccncc1Cl)C(=O)C(CC(=O)O)NC(=O)OCC1c2ccccc2-c2ccccc21. The van der Waals surface area contributed by atoms with E-state index in [9.17, 15) is 19.5 Å². The molecule has 1 aromatic heterocycles. The number of likely N-dealkylation sites (N-methyl/N-ethyl adjacent to an activating group) is 1. The number of fused-ring (bicyclic) bond motifs is 3. The number of carbonyl (C=O) groups is 3. The number of benzene rings is 2. The molecule has 4 rings (SSSR count). The molecular formula is C26H24ClN3O5. The molecule has 0 saturated carbocycles. The maximum Gasteiger partial charge on any atom is 0.407 e. The lowest BCUT2D eigenvalue weighted by Crippen LogP contribution is -2.48. The first-order valence-electron chi connectivity index (χ1n) is 11.0. The van der Waals surface area contributed by atoms with Gasteiger partial charge >= 0.3 is 12.1 Å². The van der Waals surface area contributed by atoms with Crippen LogP contribution in [-0.4, -0.2) is 52.7 Å². The Hall–Kier alpha value is -3.91. The molecule has 0 radical (unpaired) electrons. The number of aromatic nitrogens is 1. The zero-order chi connectivity index (χ0) is 24.9. The Morgan fingerprint density at radius 2 is 1.71 bits per heavy atom. The van der Waals surface area contributed by atoms with E-state index in [0.717, 1.165) is 22.3 Å². The van der Waals surface area contributed by atoms with Gasteiger partial charge in [-0.2, -0.15) is 0 Å². The number of nitrogens with zero attached hydrogens (tertiary/aromatic N) is 2. The van der Waals surface area contributed by atoms with Crippen molar-refractivity contribution in [2.45, 2.75) is 24.9 Å². The third-order valence-electron chi connectivity index (χ3n) is 5.95. The van der Waals surface area contributed by atoms with Gasteiger partial charge < -0.3 is 20.1 Å². The van der Waals surface area contributed by atoms with E-state index in [1.165, 1.54) is 18.1 Å². The molecule has 1 aliphatic carbocycles. The quantitative estimate of drug-likeness (QED) is 0.489. The first kappa shape index (κ1) is 24.2. The maximum atomic E-state index is 13.0. The number of aliphatic carboxylic acids is 1. The largest absolute Gasteiger partial charge is 0.481 e. The summed E-state index contributed by atoms with van der Waals surface area (Å²) in [5.74, 6) is -1.95. The average Bonchev–Trinajstić information content (AvgIpc) is 3.16. The van der Waals surface area contributed by atoms with E-state index in [4.69, 9.17) is 16.3 Å². The van der Waals surface area contributed by atoms with E-state index < -0.39 is 30.4 Å². The number of carboxylic acids is 1. The first-order valence-corrected chi connectivity index (χ1v) is 11.4. The van der Waals surface area contributed by atoms with Crippen molar-refractivity contribution in [3.05, 3.63) is 88.7 Å². The molecule has 0 bridgehead atoms. The van der Waals surface area contributed by atoms with Gasteiger partial charge in [0.1, 0.15) is 12.6 Å². The van der Waals surface area contributed by atoms with E-state index in [1.807, 2.05) is 48.5 Å². The standard InChI is InChI=1S/C26H24ClN3O5/c1-30(14-16-10-11-28-13-22(16)27)25(33)23(12-24(31)32)29-26(34)35-15-21-19-8-4-2-6-17(19)18-7-3-5-9-20(18)21/h2-11,13,21,23H,12,14-15H2,1H3,(H,29,34)(H,31,32). The molecule has 1 heterocycles. The van der Waals surface area contributed by atoms with E-state index >= 15 is 0 Å². The Morgan fingerprint density at radius 1 is 1.09 bits per heavy atom. The van der Waals surface area contributed by atoms with Gasteiger partial charge in [0.15, 0.2) is 0 Å². The summed E-state index contributed by atoms with van der Waals surface area (Å²) in [6.07, 6.45) is 1.56. The highest BCUT2D eigenvalue weighted by atomic mass is 35.5. The van der Waals surface area contributed by atoms with Crippen LogP contribution in [0.3, 0.4) is 0 Å². The molecule has 1 unspecified atom stereocenters. The normalized spacial score (nSPS) is 12.9. The van der Waals surface area contributed by atoms with Crippen LogP contribution in [0.2, 0.25) is 5.02 Å². The summed E-state index contributed by atoms with van der Waals surface area (Å²) in [5, 5.41) is 12.1. The van der Waals surface area contributed by atoms with Crippen LogP contribution < -0.4 is 5.32 Å². The first-order chi connectivity index (χ1) is 16.8. The monoisotopic (exact) mass is 493 g/mol. The third-order valence-corrected chi connectivity index (χ3v) is 6.29. The van der Waals surface area contributed by atoms with E-state index in [1.54, 1.807) is 12.3 Å². The minimum absolute atomic E-state index is 0.0519. The minimum Gasteiger partial charge on any atom is -0.481 e. The summed E-state index contributed by atoms with van der Waals surface area (Å²) >= 11 is 6.11. The number of halogens is 1. The topological polar surface area (TPSA) is 109 Å². The van der Waals surface area contributed by atoms with Crippen molar-refractivity contribution in [2.75, 3.05) is 13.7 Å². The van der Waals surface area contributed by atoms with Gasteiger partial charge in [0, 0.05) is 31.9 Å². The Bertz CT molecular complexity index is 1220. The molecule has 1 atom stereocenters. The van der Waals surface area contributed by atoms with Crippen LogP contribution in [0.15, 0.2) is 67.0 Å². The third kappa shape index (κ3) is 5.44. The van der Waals surface area contributed by atoms with Crippen molar-refractivity contribution in [1.82, 2.24) is 15.2 Å². The van der Waals surface area contributed by atoms with E-state index in [0.29, 0.717) is 10.6 Å². The molecule has 2 amide bonds. The second kappa shape index (κ2) is 10.6. The van der Waals surface area contributed by atoms with Gasteiger partial charge in [-0.15, -0.1) is 0 Å². The van der Waals surface area contributed by atoms with Crippen molar-refractivity contribution in [2.24, 2.45) is 0 Å². The lowest BCUT2D eigenvalue weighted by Gasteiger charge is -2.24. The van der Waals surface area contributed by atoms with Crippen molar-refractivity contribution in [1.29, 1.82) is 0 Å². The highest BCUT2D eigenvalue weighted by molar-refractivity contribution is 6.31. The summed E-state index contributed by atoms with van der Waals surface area (Å²) in [5.41, 5.74) is 4.93. The second-order valence-electron chi connectivity index (χ2n) is 8.28. The Kier molecular flexibility index (Phi) is 7.31. The van der Waals surface area contributed by atoms with Crippen molar-refractivity contribution >= 4 is 29.6 Å². The Morgan fingerprint density at radius 3 is 2.31 bits per heavy atom. The van der Waals surface area contributed by atoms with Gasteiger partial charge in [-0.3, -0.25) is 14.6 Å². The number of rotatable bonds is 8. The predicted octanol–water partition coefficient (Wildman–Crippen LogP) is 4.08. The van der Waals surface area contributed by atoms with Crippen LogP contribution in [0.4, 0.5) is 4.79 Å². The number of carbonyl (C=O) groups excluding carboxylic acids is 2. The molecule has 9 heteroatoms. The van der Waals surface area contributed by atoms with E-state index in [-0.39, 0.29) is 19.1 Å². The number of amides is 2. The van der Waals surface area contributed by atoms with Gasteiger partial charge in [0.2, 0.25) is 5.91 Å². The molecule has 2 aromatic carbocycles. The van der Waals surface area contributed by atoms with Crippen LogP contribution in [0.5, 0.6) is 0 Å². The fourth-order valence-electron chi connectivity index (χ4n) is 4.29. The number of ether oxygens (including phenoxy) is 1. The smallest absolute Gasteiger partial charge is 0.407 e. The van der Waals surface area contributed by atoms with Crippen LogP contribution >= 0.6 is 11.6 Å². The van der Waals surface area contributed by atoms with Crippen LogP contribution in [-0.2, 0) is 20.9 Å². The summed E-state index contributed by atoms with van der Waals surface area (Å²) in [6.45, 7) is 0.180. The molecular weight excluding hydrogens is 470 g/mol. The molecule has 0 saturated heterocycles. The predicted molar refractivity (Wildman–Crippen MR) is 130 cm³/mol. The summed E-state index contributed by atoms with van der Waals surface area (Å²) < 4.78 is 5.48. The minimum atomic E-state index is -1.30. The van der Waals surface area contributed by atoms with Gasteiger partial charge in [0.25, 0.3) is 0 Å². The Labute approximate surface area is 207 Å². The second-order valence-corrected chi connectivity index (χ2v) is 8.69. The molecule has 0 aliphatic heterocycles. The summed E-state index contributed by atoms with van der Waals surface area (Å²) in [7, 11) is 1.51. The zero-order valence-electron chi connectivity index (χ0n) is 19.0. The highest BCUT2D eigenvalue weighted by Crippen LogP contribution is 2.44. The number of carboxylic acid groups (broad SMARTS) is 1. The average molecular weight is 494 g/mol. The lowest BCUT2D eigenvalue weighted by molar-refractivity contribution is -0.142. The Balaban J connectivity index is 1.42. The lowest BCUT2D eigenvalue weighted by atomic mass is 9.98. The number of nitrogens with one attached hydrogen (secondary N) is 1. The van der Waals surface area contributed by atoms with Gasteiger partial charge in [-0.05, 0) is 33.9 Å². The molecule has 3 aromatic rings. The van der Waals surface area contributed by atoms with Crippen LogP contribution in [0.1, 0.15) is 29.0 Å². The number of hydrogen-bond donors (Lipinski definition) is 2. The number of alkyl carbamates (subject to hydrolysis) is 1. The van der Waals surface area contributed by atoms with Crippen LogP contribution in [0, 0.1) is 0 Å². The van der Waals surface area contributed by atoms with Crippen LogP contribution in [0.25, 0.3) is 11.1 Å². The fraction of sp³-hybridized carbons (Fsp3) is 0.231. The van der Waals surface area contributed by atoms with Gasteiger partial charge in [-0.25, -0.2) is 4.79 Å². The molecule has 8 nitrogen and oxygen atoms in total. The fourth-order valence-corrected chi connectivity index (χ4v) is 4.47. The molecule has 1 aliphatic rings. The molecule has 0 fully saturated rings. The molecule has 35 heavy (non-hydrogen) atoms. The maximum absolute atomic E-state index is 13.0. The summed E-state index contributed by atoms with van der Waals surface area (Å²) in [6, 6.07) is 16.2. The molecule has 2 N–H and O–H groups in total. The van der Waals surface area contributed by atoms with Gasteiger partial charge in [0.05, 0.1) is 11.4 Å². The number of pyridine rings is 1. The summed E-state index contributed by atoms with van der Waals surface area (Å²) in [4.78, 5) is 42.2. The zero-order valence-corrected chi connectivity index (χ0v) is 19.7. The number of hydrogen-bond acceptors (Lipinski definition) is 5. The molecule has 180 valence electrons. The van der Waals surface area contributed by atoms with Crippen molar-refractivity contribution in [3.8, 4) is 11.1 Å². The van der Waals surface area contributed by atoms with Gasteiger partial charge in [-0.1, -0.05) is 60.1 Å².